The molecule has 1 aromatic heterocycles. The number of aliphatic carboxylic acids is 1. The van der Waals surface area contributed by atoms with Crippen LogP contribution in [0.1, 0.15) is 23.4 Å². The van der Waals surface area contributed by atoms with E-state index in [1.807, 2.05) is 25.6 Å². The van der Waals surface area contributed by atoms with E-state index in [4.69, 9.17) is 9.84 Å². The van der Waals surface area contributed by atoms with Crippen LogP contribution >= 0.6 is 0 Å². The number of aryl methyl sites for hydroxylation is 2. The number of aromatic nitrogens is 2. The molecule has 2 rings (SSSR count). The Balaban J connectivity index is 2.12. The van der Waals surface area contributed by atoms with Crippen LogP contribution in [0.4, 0.5) is 0 Å². The number of hydrogen-bond acceptors (Lipinski definition) is 4. The monoisotopic (exact) mass is 267 g/mol. The van der Waals surface area contributed by atoms with Crippen LogP contribution in [0.25, 0.3) is 0 Å². The number of carboxylic acids is 1. The van der Waals surface area contributed by atoms with E-state index < -0.39 is 5.97 Å². The summed E-state index contributed by atoms with van der Waals surface area (Å²) in [6.45, 7) is 6.70. The molecule has 1 unspecified atom stereocenters. The van der Waals surface area contributed by atoms with Crippen molar-refractivity contribution in [1.82, 2.24) is 14.7 Å². The van der Waals surface area contributed by atoms with Gasteiger partial charge in [0.15, 0.2) is 0 Å². The summed E-state index contributed by atoms with van der Waals surface area (Å²) in [5.74, 6) is -0.778. The highest BCUT2D eigenvalue weighted by atomic mass is 16.5. The second-order valence-corrected chi connectivity index (χ2v) is 5.07. The molecule has 0 amide bonds. The number of rotatable bonds is 4. The molecule has 1 fully saturated rings. The Hall–Kier alpha value is -1.40. The number of carbonyl (C=O) groups is 1. The third-order valence-electron chi connectivity index (χ3n) is 3.78. The molecule has 6 heteroatoms. The van der Waals surface area contributed by atoms with Gasteiger partial charge in [-0.25, -0.2) is 0 Å². The van der Waals surface area contributed by atoms with Crippen molar-refractivity contribution in [2.45, 2.75) is 32.9 Å². The summed E-state index contributed by atoms with van der Waals surface area (Å²) < 4.78 is 7.26. The predicted octanol–water partition coefficient (Wildman–Crippen LogP) is 0.712. The van der Waals surface area contributed by atoms with Crippen molar-refractivity contribution in [1.29, 1.82) is 0 Å². The largest absolute Gasteiger partial charge is 0.481 e. The van der Waals surface area contributed by atoms with Gasteiger partial charge in [-0.05, 0) is 13.8 Å². The van der Waals surface area contributed by atoms with Crippen molar-refractivity contribution in [2.75, 3.05) is 19.8 Å². The van der Waals surface area contributed by atoms with Gasteiger partial charge < -0.3 is 9.84 Å². The fourth-order valence-electron chi connectivity index (χ4n) is 2.54. The van der Waals surface area contributed by atoms with Gasteiger partial charge in [0.2, 0.25) is 0 Å². The third kappa shape index (κ3) is 3.13. The van der Waals surface area contributed by atoms with Gasteiger partial charge in [0.25, 0.3) is 0 Å². The van der Waals surface area contributed by atoms with Crippen LogP contribution in [-0.2, 0) is 23.1 Å². The second-order valence-electron chi connectivity index (χ2n) is 5.07. The lowest BCUT2D eigenvalue weighted by Crippen LogP contribution is -2.46. The summed E-state index contributed by atoms with van der Waals surface area (Å²) in [7, 11) is 1.93. The molecule has 1 aliphatic rings. The first-order chi connectivity index (χ1) is 8.99. The summed E-state index contributed by atoms with van der Waals surface area (Å²) in [6, 6.07) is -0.0507. The zero-order chi connectivity index (χ0) is 14.0. The predicted molar refractivity (Wildman–Crippen MR) is 70.0 cm³/mol. The van der Waals surface area contributed by atoms with E-state index in [9.17, 15) is 4.79 Å². The minimum atomic E-state index is -0.778. The van der Waals surface area contributed by atoms with Crippen molar-refractivity contribution in [2.24, 2.45) is 7.05 Å². The average molecular weight is 267 g/mol. The fraction of sp³-hybridized carbons (Fsp3) is 0.692. The SMILES string of the molecule is Cc1nn(C)c(C)c1CN1CCOCC1CC(=O)O. The molecule has 0 bridgehead atoms. The highest BCUT2D eigenvalue weighted by Crippen LogP contribution is 2.19. The Labute approximate surface area is 113 Å². The lowest BCUT2D eigenvalue weighted by atomic mass is 10.1. The van der Waals surface area contributed by atoms with Gasteiger partial charge in [0.1, 0.15) is 0 Å². The minimum absolute atomic E-state index is 0.0507. The number of nitrogens with zero attached hydrogens (tertiary/aromatic N) is 3. The lowest BCUT2D eigenvalue weighted by Gasteiger charge is -2.34. The van der Waals surface area contributed by atoms with Crippen LogP contribution in [0.2, 0.25) is 0 Å². The number of carboxylic acid groups (broad SMARTS) is 1. The Morgan fingerprint density at radius 1 is 1.53 bits per heavy atom. The van der Waals surface area contributed by atoms with Crippen molar-refractivity contribution in [3.63, 3.8) is 0 Å². The second kappa shape index (κ2) is 5.71. The number of morpholine rings is 1. The van der Waals surface area contributed by atoms with Crippen molar-refractivity contribution < 1.29 is 14.6 Å². The van der Waals surface area contributed by atoms with Crippen molar-refractivity contribution in [3.05, 3.63) is 17.0 Å². The molecule has 1 atom stereocenters. The Bertz CT molecular complexity index is 470. The summed E-state index contributed by atoms with van der Waals surface area (Å²) >= 11 is 0. The van der Waals surface area contributed by atoms with E-state index in [2.05, 4.69) is 10.00 Å². The van der Waals surface area contributed by atoms with E-state index in [0.717, 1.165) is 24.5 Å². The molecule has 106 valence electrons. The fourth-order valence-corrected chi connectivity index (χ4v) is 2.54. The molecule has 1 aliphatic heterocycles. The molecule has 0 saturated carbocycles. The van der Waals surface area contributed by atoms with E-state index in [1.165, 1.54) is 5.56 Å². The van der Waals surface area contributed by atoms with Gasteiger partial charge in [0, 0.05) is 37.4 Å². The van der Waals surface area contributed by atoms with E-state index in [-0.39, 0.29) is 12.5 Å². The Kier molecular flexibility index (Phi) is 4.21. The molecule has 0 aromatic carbocycles. The Morgan fingerprint density at radius 2 is 2.26 bits per heavy atom. The molecule has 0 aliphatic carbocycles. The van der Waals surface area contributed by atoms with E-state index >= 15 is 0 Å². The third-order valence-corrected chi connectivity index (χ3v) is 3.78. The zero-order valence-electron chi connectivity index (χ0n) is 11.7. The highest BCUT2D eigenvalue weighted by Gasteiger charge is 2.26. The number of ether oxygens (including phenoxy) is 1. The van der Waals surface area contributed by atoms with E-state index in [0.29, 0.717) is 13.2 Å². The van der Waals surface area contributed by atoms with Gasteiger partial charge in [-0.15, -0.1) is 0 Å². The van der Waals surface area contributed by atoms with Gasteiger partial charge in [0.05, 0.1) is 25.3 Å². The Morgan fingerprint density at radius 3 is 2.84 bits per heavy atom. The first kappa shape index (κ1) is 14.0. The number of hydrogen-bond donors (Lipinski definition) is 1. The zero-order valence-corrected chi connectivity index (χ0v) is 11.7. The van der Waals surface area contributed by atoms with Crippen molar-refractivity contribution >= 4 is 5.97 Å². The van der Waals surface area contributed by atoms with Crippen LogP contribution in [0.15, 0.2) is 0 Å². The summed E-state index contributed by atoms with van der Waals surface area (Å²) in [5.41, 5.74) is 3.35. The lowest BCUT2D eigenvalue weighted by molar-refractivity contribution is -0.140. The van der Waals surface area contributed by atoms with Crippen LogP contribution in [0.3, 0.4) is 0 Å². The van der Waals surface area contributed by atoms with Crippen LogP contribution in [0.5, 0.6) is 0 Å². The van der Waals surface area contributed by atoms with Gasteiger partial charge in [-0.2, -0.15) is 5.10 Å². The molecular formula is C13H21N3O3. The quantitative estimate of drug-likeness (QED) is 0.870. The van der Waals surface area contributed by atoms with Crippen LogP contribution in [-0.4, -0.2) is 51.6 Å². The molecule has 19 heavy (non-hydrogen) atoms. The normalized spacial score (nSPS) is 20.7. The van der Waals surface area contributed by atoms with Crippen LogP contribution in [0, 0.1) is 13.8 Å². The summed E-state index contributed by atoms with van der Waals surface area (Å²) in [6.07, 6.45) is 0.123. The molecule has 0 radical (unpaired) electrons. The minimum Gasteiger partial charge on any atom is -0.481 e. The topological polar surface area (TPSA) is 67.6 Å². The maximum absolute atomic E-state index is 10.9. The van der Waals surface area contributed by atoms with Gasteiger partial charge in [-0.1, -0.05) is 0 Å². The van der Waals surface area contributed by atoms with Crippen LogP contribution < -0.4 is 0 Å². The molecule has 6 nitrogen and oxygen atoms in total. The average Bonchev–Trinajstić information content (AvgIpc) is 2.57. The summed E-state index contributed by atoms with van der Waals surface area (Å²) in [4.78, 5) is 13.1. The van der Waals surface area contributed by atoms with Crippen molar-refractivity contribution in [3.8, 4) is 0 Å². The first-order valence-electron chi connectivity index (χ1n) is 6.51. The van der Waals surface area contributed by atoms with Gasteiger partial charge in [-0.3, -0.25) is 14.4 Å². The highest BCUT2D eigenvalue weighted by molar-refractivity contribution is 5.67. The maximum atomic E-state index is 10.9. The van der Waals surface area contributed by atoms with E-state index in [1.54, 1.807) is 0 Å². The molecule has 2 heterocycles. The molecular weight excluding hydrogens is 246 g/mol. The maximum Gasteiger partial charge on any atom is 0.305 e. The molecule has 1 aromatic rings. The molecule has 1 saturated heterocycles. The molecule has 0 spiro atoms. The standard InChI is InChI=1S/C13H21N3O3/c1-9-12(10(2)15(3)14-9)7-16-4-5-19-8-11(16)6-13(17)18/h11H,4-8H2,1-3H3,(H,17,18). The van der Waals surface area contributed by atoms with Gasteiger partial charge >= 0.3 is 5.97 Å². The first-order valence-corrected chi connectivity index (χ1v) is 6.51. The smallest absolute Gasteiger partial charge is 0.305 e. The molecule has 1 N–H and O–H groups in total. The summed E-state index contributed by atoms with van der Waals surface area (Å²) in [5, 5.41) is 13.4.